The molecule has 0 bridgehead atoms. The monoisotopic (exact) mass is 255 g/mol. The van der Waals surface area contributed by atoms with E-state index in [1.54, 1.807) is 6.07 Å². The van der Waals surface area contributed by atoms with Crippen molar-refractivity contribution < 1.29 is 9.90 Å². The molecular weight excluding hydrogens is 238 g/mol. The molecule has 1 saturated heterocycles. The van der Waals surface area contributed by atoms with Gasteiger partial charge in [0.05, 0.1) is 11.3 Å². The average Bonchev–Trinajstić information content (AvgIpc) is 2.46. The molecule has 1 heterocycles. The van der Waals surface area contributed by atoms with Crippen molar-refractivity contribution in [1.82, 2.24) is 0 Å². The minimum absolute atomic E-state index is 0.417. The molecule has 0 radical (unpaired) electrons. The summed E-state index contributed by atoms with van der Waals surface area (Å²) in [7, 11) is 0. The highest BCUT2D eigenvalue weighted by Crippen LogP contribution is 2.29. The summed E-state index contributed by atoms with van der Waals surface area (Å²) in [5.74, 6) is -0.841. The largest absolute Gasteiger partial charge is 0.478 e. The van der Waals surface area contributed by atoms with Crippen molar-refractivity contribution in [2.45, 2.75) is 19.3 Å². The van der Waals surface area contributed by atoms with Crippen molar-refractivity contribution >= 4 is 22.4 Å². The van der Waals surface area contributed by atoms with Gasteiger partial charge in [0.15, 0.2) is 0 Å². The third-order valence-electron chi connectivity index (χ3n) is 3.79. The minimum Gasteiger partial charge on any atom is -0.478 e. The second-order valence-corrected chi connectivity index (χ2v) is 5.07. The van der Waals surface area contributed by atoms with Gasteiger partial charge in [-0.15, -0.1) is 0 Å². The second kappa shape index (κ2) is 4.92. The van der Waals surface area contributed by atoms with Crippen LogP contribution in [0, 0.1) is 0 Å². The Morgan fingerprint density at radius 2 is 1.63 bits per heavy atom. The number of aromatic carboxylic acids is 1. The summed E-state index contributed by atoms with van der Waals surface area (Å²) in [5.41, 5.74) is 1.28. The van der Waals surface area contributed by atoms with E-state index >= 15 is 0 Å². The number of carbonyl (C=O) groups is 1. The molecule has 2 aromatic carbocycles. The van der Waals surface area contributed by atoms with Crippen LogP contribution in [0.15, 0.2) is 36.4 Å². The van der Waals surface area contributed by atoms with E-state index < -0.39 is 5.97 Å². The Morgan fingerprint density at radius 1 is 1.00 bits per heavy atom. The summed E-state index contributed by atoms with van der Waals surface area (Å²) < 4.78 is 0. The van der Waals surface area contributed by atoms with E-state index in [2.05, 4.69) is 4.90 Å². The molecule has 0 spiro atoms. The fraction of sp³-hybridized carbons (Fsp3) is 0.312. The third-order valence-corrected chi connectivity index (χ3v) is 3.79. The van der Waals surface area contributed by atoms with Gasteiger partial charge < -0.3 is 10.0 Å². The Hall–Kier alpha value is -2.03. The fourth-order valence-corrected chi connectivity index (χ4v) is 2.80. The molecule has 1 aliphatic rings. The van der Waals surface area contributed by atoms with Crippen molar-refractivity contribution in [3.05, 3.63) is 42.0 Å². The van der Waals surface area contributed by atoms with Crippen LogP contribution < -0.4 is 4.90 Å². The van der Waals surface area contributed by atoms with E-state index in [-0.39, 0.29) is 0 Å². The van der Waals surface area contributed by atoms with E-state index in [1.807, 2.05) is 30.3 Å². The molecule has 1 aliphatic heterocycles. The zero-order chi connectivity index (χ0) is 13.2. The summed E-state index contributed by atoms with van der Waals surface area (Å²) in [5, 5.41) is 11.5. The Bertz CT molecular complexity index is 615. The predicted octanol–water partition coefficient (Wildman–Crippen LogP) is 3.53. The lowest BCUT2D eigenvalue weighted by Gasteiger charge is -2.30. The predicted molar refractivity (Wildman–Crippen MR) is 77.0 cm³/mol. The molecule has 0 aliphatic carbocycles. The fourth-order valence-electron chi connectivity index (χ4n) is 2.80. The number of carboxylic acid groups (broad SMARTS) is 1. The van der Waals surface area contributed by atoms with Gasteiger partial charge in [0.25, 0.3) is 0 Å². The lowest BCUT2D eigenvalue weighted by molar-refractivity contribution is 0.0697. The standard InChI is InChI=1S/C16H17NO2/c18-16(19)14-10-12-6-2-3-7-13(12)11-15(14)17-8-4-1-5-9-17/h2-3,6-7,10-11H,1,4-5,8-9H2,(H,18,19). The number of hydrogen-bond acceptors (Lipinski definition) is 2. The number of carboxylic acids is 1. The Kier molecular flexibility index (Phi) is 3.11. The molecule has 0 unspecified atom stereocenters. The van der Waals surface area contributed by atoms with Gasteiger partial charge in [-0.25, -0.2) is 4.79 Å². The number of benzene rings is 2. The van der Waals surface area contributed by atoms with Gasteiger partial charge in [0, 0.05) is 13.1 Å². The van der Waals surface area contributed by atoms with Crippen LogP contribution in [0.2, 0.25) is 0 Å². The summed E-state index contributed by atoms with van der Waals surface area (Å²) in [6.07, 6.45) is 3.53. The van der Waals surface area contributed by atoms with Gasteiger partial charge in [-0.05, 0) is 42.2 Å². The van der Waals surface area contributed by atoms with Crippen LogP contribution in [0.3, 0.4) is 0 Å². The molecule has 0 amide bonds. The van der Waals surface area contributed by atoms with E-state index in [4.69, 9.17) is 0 Å². The molecule has 0 atom stereocenters. The number of fused-ring (bicyclic) bond motifs is 1. The SMILES string of the molecule is O=C(O)c1cc2ccccc2cc1N1CCCCC1. The average molecular weight is 255 g/mol. The maximum Gasteiger partial charge on any atom is 0.337 e. The Labute approximate surface area is 112 Å². The van der Waals surface area contributed by atoms with Crippen molar-refractivity contribution in [2.24, 2.45) is 0 Å². The first-order valence-corrected chi connectivity index (χ1v) is 6.77. The molecule has 1 fully saturated rings. The summed E-state index contributed by atoms with van der Waals surface area (Å²) in [4.78, 5) is 13.7. The van der Waals surface area contributed by atoms with Crippen LogP contribution in [-0.2, 0) is 0 Å². The van der Waals surface area contributed by atoms with E-state index in [1.165, 1.54) is 6.42 Å². The molecule has 2 aromatic rings. The van der Waals surface area contributed by atoms with Gasteiger partial charge in [0.1, 0.15) is 0 Å². The van der Waals surface area contributed by atoms with Gasteiger partial charge >= 0.3 is 5.97 Å². The van der Waals surface area contributed by atoms with E-state index in [0.717, 1.165) is 42.4 Å². The highest BCUT2D eigenvalue weighted by atomic mass is 16.4. The van der Waals surface area contributed by atoms with Gasteiger partial charge in [-0.3, -0.25) is 0 Å². The molecule has 0 saturated carbocycles. The number of anilines is 1. The summed E-state index contributed by atoms with van der Waals surface area (Å²) in [6.45, 7) is 1.91. The molecule has 3 rings (SSSR count). The van der Waals surface area contributed by atoms with E-state index in [9.17, 15) is 9.90 Å². The third kappa shape index (κ3) is 2.28. The van der Waals surface area contributed by atoms with Gasteiger partial charge in [-0.2, -0.15) is 0 Å². The molecule has 3 heteroatoms. The van der Waals surface area contributed by atoms with Crippen LogP contribution >= 0.6 is 0 Å². The normalized spacial score (nSPS) is 15.7. The topological polar surface area (TPSA) is 40.5 Å². The maximum absolute atomic E-state index is 11.5. The maximum atomic E-state index is 11.5. The lowest BCUT2D eigenvalue weighted by atomic mass is 10.0. The number of nitrogens with zero attached hydrogens (tertiary/aromatic N) is 1. The van der Waals surface area contributed by atoms with Crippen LogP contribution in [0.25, 0.3) is 10.8 Å². The Balaban J connectivity index is 2.14. The van der Waals surface area contributed by atoms with Gasteiger partial charge in [0.2, 0.25) is 0 Å². The zero-order valence-electron chi connectivity index (χ0n) is 10.8. The van der Waals surface area contributed by atoms with Crippen molar-refractivity contribution in [2.75, 3.05) is 18.0 Å². The zero-order valence-corrected chi connectivity index (χ0v) is 10.8. The highest BCUT2D eigenvalue weighted by Gasteiger charge is 2.18. The number of hydrogen-bond donors (Lipinski definition) is 1. The number of piperidine rings is 1. The van der Waals surface area contributed by atoms with E-state index in [0.29, 0.717) is 5.56 Å². The van der Waals surface area contributed by atoms with Crippen LogP contribution in [0.4, 0.5) is 5.69 Å². The van der Waals surface area contributed by atoms with Crippen LogP contribution in [0.5, 0.6) is 0 Å². The lowest BCUT2D eigenvalue weighted by Crippen LogP contribution is -2.30. The molecule has 98 valence electrons. The van der Waals surface area contributed by atoms with Crippen LogP contribution in [-0.4, -0.2) is 24.2 Å². The molecular formula is C16H17NO2. The smallest absolute Gasteiger partial charge is 0.337 e. The minimum atomic E-state index is -0.841. The first-order chi connectivity index (χ1) is 9.25. The summed E-state index contributed by atoms with van der Waals surface area (Å²) >= 11 is 0. The van der Waals surface area contributed by atoms with Crippen molar-refractivity contribution in [3.63, 3.8) is 0 Å². The molecule has 3 nitrogen and oxygen atoms in total. The first-order valence-electron chi connectivity index (χ1n) is 6.77. The number of rotatable bonds is 2. The second-order valence-electron chi connectivity index (χ2n) is 5.07. The van der Waals surface area contributed by atoms with Gasteiger partial charge in [-0.1, -0.05) is 24.3 Å². The van der Waals surface area contributed by atoms with Crippen LogP contribution in [0.1, 0.15) is 29.6 Å². The van der Waals surface area contributed by atoms with Crippen molar-refractivity contribution in [1.29, 1.82) is 0 Å². The molecule has 19 heavy (non-hydrogen) atoms. The molecule has 0 aromatic heterocycles. The van der Waals surface area contributed by atoms with Crippen molar-refractivity contribution in [3.8, 4) is 0 Å². The Morgan fingerprint density at radius 3 is 2.26 bits per heavy atom. The quantitative estimate of drug-likeness (QED) is 0.892. The molecule has 1 N–H and O–H groups in total. The summed E-state index contributed by atoms with van der Waals surface area (Å²) in [6, 6.07) is 11.7. The first kappa shape index (κ1) is 12.0. The highest BCUT2D eigenvalue weighted by molar-refractivity contribution is 6.01.